The second kappa shape index (κ2) is 6.32. The van der Waals surface area contributed by atoms with Crippen molar-refractivity contribution in [2.75, 3.05) is 5.32 Å². The summed E-state index contributed by atoms with van der Waals surface area (Å²) in [7, 11) is 1.79. The molecule has 0 aliphatic carbocycles. The maximum atomic E-state index is 12.5. The Morgan fingerprint density at radius 1 is 0.958 bits per heavy atom. The summed E-state index contributed by atoms with van der Waals surface area (Å²) in [5, 5.41) is 7.40. The van der Waals surface area contributed by atoms with Crippen LogP contribution < -0.4 is 5.32 Å². The van der Waals surface area contributed by atoms with E-state index in [-0.39, 0.29) is 5.91 Å². The zero-order chi connectivity index (χ0) is 17.3. The molecule has 0 saturated carbocycles. The topological polar surface area (TPSA) is 46.9 Å². The van der Waals surface area contributed by atoms with Crippen molar-refractivity contribution in [2.45, 2.75) is 20.8 Å². The fourth-order valence-electron chi connectivity index (χ4n) is 2.55. The summed E-state index contributed by atoms with van der Waals surface area (Å²) in [5.41, 5.74) is 6.74. The number of hydrogen-bond donors (Lipinski definition) is 1. The predicted octanol–water partition coefficient (Wildman–Crippen LogP) is 4.26. The zero-order valence-corrected chi connectivity index (χ0v) is 14.4. The van der Waals surface area contributed by atoms with Gasteiger partial charge in [-0.05, 0) is 56.2 Å². The molecule has 3 aromatic rings. The van der Waals surface area contributed by atoms with E-state index in [1.54, 1.807) is 11.7 Å². The highest BCUT2D eigenvalue weighted by Crippen LogP contribution is 2.22. The molecule has 0 spiro atoms. The first-order valence-electron chi connectivity index (χ1n) is 7.94. The van der Waals surface area contributed by atoms with Crippen molar-refractivity contribution in [1.82, 2.24) is 9.78 Å². The lowest BCUT2D eigenvalue weighted by molar-refractivity contribution is 0.101. The molecule has 0 aliphatic rings. The van der Waals surface area contributed by atoms with Gasteiger partial charge in [0.15, 0.2) is 0 Å². The minimum absolute atomic E-state index is 0.163. The molecule has 0 radical (unpaired) electrons. The number of amides is 1. The summed E-state index contributed by atoms with van der Waals surface area (Å²) in [6.07, 6.45) is 0. The lowest BCUT2D eigenvalue weighted by Gasteiger charge is -2.05. The van der Waals surface area contributed by atoms with Gasteiger partial charge in [0, 0.05) is 18.3 Å². The lowest BCUT2D eigenvalue weighted by atomic mass is 10.0. The van der Waals surface area contributed by atoms with Gasteiger partial charge in [-0.3, -0.25) is 9.48 Å². The van der Waals surface area contributed by atoms with Crippen molar-refractivity contribution in [2.24, 2.45) is 7.05 Å². The third kappa shape index (κ3) is 3.23. The minimum atomic E-state index is -0.163. The quantitative estimate of drug-likeness (QED) is 0.784. The van der Waals surface area contributed by atoms with E-state index in [0.717, 1.165) is 22.5 Å². The normalized spacial score (nSPS) is 10.7. The Hall–Kier alpha value is -2.88. The van der Waals surface area contributed by atoms with Gasteiger partial charge >= 0.3 is 0 Å². The van der Waals surface area contributed by atoms with Crippen LogP contribution in [0.1, 0.15) is 27.2 Å². The number of nitrogens with zero attached hydrogens (tertiary/aromatic N) is 2. The summed E-state index contributed by atoms with van der Waals surface area (Å²) >= 11 is 0. The zero-order valence-electron chi connectivity index (χ0n) is 14.4. The van der Waals surface area contributed by atoms with Crippen LogP contribution in [-0.4, -0.2) is 15.7 Å². The first-order valence-corrected chi connectivity index (χ1v) is 7.94. The molecule has 1 amide bonds. The minimum Gasteiger partial charge on any atom is -0.321 e. The summed E-state index contributed by atoms with van der Waals surface area (Å²) in [5.74, 6) is -0.163. The fourth-order valence-corrected chi connectivity index (χ4v) is 2.55. The summed E-state index contributed by atoms with van der Waals surface area (Å²) in [6, 6.07) is 15.8. The van der Waals surface area contributed by atoms with Crippen LogP contribution >= 0.6 is 0 Å². The van der Waals surface area contributed by atoms with Crippen LogP contribution in [0.25, 0.3) is 11.3 Å². The molecular weight excluding hydrogens is 298 g/mol. The van der Waals surface area contributed by atoms with Crippen LogP contribution in [0.2, 0.25) is 0 Å². The van der Waals surface area contributed by atoms with Crippen molar-refractivity contribution in [1.29, 1.82) is 0 Å². The van der Waals surface area contributed by atoms with Gasteiger partial charge in [0.2, 0.25) is 0 Å². The Morgan fingerprint density at radius 2 is 1.67 bits per heavy atom. The Labute approximate surface area is 142 Å². The average molecular weight is 319 g/mol. The van der Waals surface area contributed by atoms with E-state index in [4.69, 9.17) is 0 Å². The third-order valence-electron chi connectivity index (χ3n) is 4.22. The molecule has 2 aromatic carbocycles. The van der Waals surface area contributed by atoms with Gasteiger partial charge in [-0.2, -0.15) is 5.10 Å². The molecule has 4 heteroatoms. The molecule has 1 N–H and O–H groups in total. The van der Waals surface area contributed by atoms with Gasteiger partial charge in [0.25, 0.3) is 5.91 Å². The standard InChI is InChI=1S/C20H21N3O/c1-13-5-9-17(10-6-13)21-20(24)19-12-18(22-23(19)4)16-8-7-14(2)15(3)11-16/h5-12H,1-4H3,(H,21,24). The van der Waals surface area contributed by atoms with Crippen molar-refractivity contribution >= 4 is 11.6 Å². The van der Waals surface area contributed by atoms with E-state index in [2.05, 4.69) is 36.4 Å². The molecule has 0 aliphatic heterocycles. The molecular formula is C20H21N3O. The highest BCUT2D eigenvalue weighted by Gasteiger charge is 2.14. The molecule has 0 unspecified atom stereocenters. The molecule has 0 atom stereocenters. The van der Waals surface area contributed by atoms with E-state index >= 15 is 0 Å². The summed E-state index contributed by atoms with van der Waals surface area (Å²) in [4.78, 5) is 12.5. The van der Waals surface area contributed by atoms with Crippen molar-refractivity contribution in [3.8, 4) is 11.3 Å². The van der Waals surface area contributed by atoms with Gasteiger partial charge in [-0.1, -0.05) is 29.8 Å². The molecule has 1 aromatic heterocycles. The average Bonchev–Trinajstić information content (AvgIpc) is 2.94. The molecule has 1 heterocycles. The highest BCUT2D eigenvalue weighted by atomic mass is 16.2. The number of aromatic nitrogens is 2. The second-order valence-corrected chi connectivity index (χ2v) is 6.16. The Balaban J connectivity index is 1.86. The van der Waals surface area contributed by atoms with Gasteiger partial charge in [0.1, 0.15) is 5.69 Å². The van der Waals surface area contributed by atoms with Crippen molar-refractivity contribution in [3.05, 3.63) is 70.9 Å². The third-order valence-corrected chi connectivity index (χ3v) is 4.22. The number of anilines is 1. The smallest absolute Gasteiger partial charge is 0.273 e. The second-order valence-electron chi connectivity index (χ2n) is 6.16. The molecule has 0 fully saturated rings. The van der Waals surface area contributed by atoms with Crippen LogP contribution in [0, 0.1) is 20.8 Å². The number of nitrogens with one attached hydrogen (secondary N) is 1. The van der Waals surface area contributed by atoms with Gasteiger partial charge in [-0.15, -0.1) is 0 Å². The monoisotopic (exact) mass is 319 g/mol. The fraction of sp³-hybridized carbons (Fsp3) is 0.200. The van der Waals surface area contributed by atoms with Crippen molar-refractivity contribution in [3.63, 3.8) is 0 Å². The molecule has 0 saturated heterocycles. The molecule has 24 heavy (non-hydrogen) atoms. The first kappa shape index (κ1) is 16.0. The highest BCUT2D eigenvalue weighted by molar-refractivity contribution is 6.03. The van der Waals surface area contributed by atoms with E-state index < -0.39 is 0 Å². The molecule has 3 rings (SSSR count). The molecule has 122 valence electrons. The number of carbonyl (C=O) groups is 1. The molecule has 4 nitrogen and oxygen atoms in total. The lowest BCUT2D eigenvalue weighted by Crippen LogP contribution is -2.15. The van der Waals surface area contributed by atoms with Crippen molar-refractivity contribution < 1.29 is 4.79 Å². The van der Waals surface area contributed by atoms with Crippen LogP contribution in [0.15, 0.2) is 48.5 Å². The summed E-state index contributed by atoms with van der Waals surface area (Å²) in [6.45, 7) is 6.17. The number of aryl methyl sites for hydroxylation is 4. The Kier molecular flexibility index (Phi) is 4.21. The summed E-state index contributed by atoms with van der Waals surface area (Å²) < 4.78 is 1.62. The SMILES string of the molecule is Cc1ccc(NC(=O)c2cc(-c3ccc(C)c(C)c3)nn2C)cc1. The molecule has 0 bridgehead atoms. The number of benzene rings is 2. The van der Waals surface area contributed by atoms with E-state index in [9.17, 15) is 4.79 Å². The maximum Gasteiger partial charge on any atom is 0.273 e. The van der Waals surface area contributed by atoms with E-state index in [1.165, 1.54) is 11.1 Å². The van der Waals surface area contributed by atoms with Gasteiger partial charge < -0.3 is 5.32 Å². The van der Waals surface area contributed by atoms with Gasteiger partial charge in [0.05, 0.1) is 5.69 Å². The maximum absolute atomic E-state index is 12.5. The van der Waals surface area contributed by atoms with Crippen LogP contribution in [0.4, 0.5) is 5.69 Å². The van der Waals surface area contributed by atoms with Crippen LogP contribution in [0.3, 0.4) is 0 Å². The predicted molar refractivity (Wildman–Crippen MR) is 97.3 cm³/mol. The number of hydrogen-bond acceptors (Lipinski definition) is 2. The van der Waals surface area contributed by atoms with E-state index in [1.807, 2.05) is 43.3 Å². The first-order chi connectivity index (χ1) is 11.4. The number of rotatable bonds is 3. The Bertz CT molecular complexity index is 892. The van der Waals surface area contributed by atoms with Crippen LogP contribution in [0.5, 0.6) is 0 Å². The van der Waals surface area contributed by atoms with Gasteiger partial charge in [-0.25, -0.2) is 0 Å². The van der Waals surface area contributed by atoms with E-state index in [0.29, 0.717) is 5.69 Å². The van der Waals surface area contributed by atoms with Crippen LogP contribution in [-0.2, 0) is 7.05 Å². The Morgan fingerprint density at radius 3 is 2.33 bits per heavy atom. The largest absolute Gasteiger partial charge is 0.321 e. The number of carbonyl (C=O) groups excluding carboxylic acids is 1.